The molecule has 2 aliphatic heterocycles. The molecule has 0 saturated carbocycles. The number of carbonyl (C=O) groups excluding carboxylic acids is 1. The highest BCUT2D eigenvalue weighted by Crippen LogP contribution is 2.37. The highest BCUT2D eigenvalue weighted by Gasteiger charge is 2.29. The van der Waals surface area contributed by atoms with E-state index in [4.69, 9.17) is 4.74 Å². The summed E-state index contributed by atoms with van der Waals surface area (Å²) in [5.74, 6) is 5.92. The van der Waals surface area contributed by atoms with E-state index in [2.05, 4.69) is 27.5 Å². The Bertz CT molecular complexity index is 959. The largest absolute Gasteiger partial charge is 0.495 e. The molecular formula is C20H18FN3O2. The summed E-state index contributed by atoms with van der Waals surface area (Å²) < 4.78 is 19.8. The van der Waals surface area contributed by atoms with Crippen molar-refractivity contribution in [3.63, 3.8) is 0 Å². The Labute approximate surface area is 150 Å². The van der Waals surface area contributed by atoms with Gasteiger partial charge in [0.15, 0.2) is 0 Å². The van der Waals surface area contributed by atoms with Gasteiger partial charge in [-0.1, -0.05) is 11.8 Å². The average molecular weight is 351 g/mol. The van der Waals surface area contributed by atoms with Crippen molar-refractivity contribution in [2.45, 2.75) is 18.9 Å². The average Bonchev–Trinajstić information content (AvgIpc) is 3.36. The molecule has 0 radical (unpaired) electrons. The van der Waals surface area contributed by atoms with Crippen LogP contribution in [0.25, 0.3) is 11.6 Å². The molecule has 2 aliphatic rings. The summed E-state index contributed by atoms with van der Waals surface area (Å²) in [5, 5.41) is 6.05. The first-order valence-corrected chi connectivity index (χ1v) is 8.49. The van der Waals surface area contributed by atoms with Gasteiger partial charge in [-0.25, -0.2) is 4.39 Å². The number of carbonyl (C=O) groups is 1. The molecule has 5 nitrogen and oxygen atoms in total. The van der Waals surface area contributed by atoms with Crippen molar-refractivity contribution in [1.29, 1.82) is 0 Å². The highest BCUT2D eigenvalue weighted by molar-refractivity contribution is 6.35. The Kier molecular flexibility index (Phi) is 4.23. The van der Waals surface area contributed by atoms with Crippen LogP contribution in [0, 0.1) is 17.7 Å². The summed E-state index contributed by atoms with van der Waals surface area (Å²) in [4.78, 5) is 15.5. The Morgan fingerprint density at radius 2 is 2.23 bits per heavy atom. The van der Waals surface area contributed by atoms with E-state index < -0.39 is 5.82 Å². The zero-order valence-electron chi connectivity index (χ0n) is 14.3. The molecular weight excluding hydrogens is 333 g/mol. The number of H-pyrrole nitrogens is 1. The van der Waals surface area contributed by atoms with E-state index in [0.29, 0.717) is 28.3 Å². The highest BCUT2D eigenvalue weighted by atomic mass is 19.1. The molecule has 0 unspecified atom stereocenters. The number of hydrogen-bond acceptors (Lipinski definition) is 3. The van der Waals surface area contributed by atoms with Gasteiger partial charge >= 0.3 is 0 Å². The van der Waals surface area contributed by atoms with Crippen LogP contribution in [0.2, 0.25) is 0 Å². The van der Waals surface area contributed by atoms with Crippen LogP contribution in [0.4, 0.5) is 10.1 Å². The summed E-state index contributed by atoms with van der Waals surface area (Å²) in [7, 11) is 1.55. The van der Waals surface area contributed by atoms with Gasteiger partial charge in [0.05, 0.1) is 35.7 Å². The summed E-state index contributed by atoms with van der Waals surface area (Å²) >= 11 is 0. The lowest BCUT2D eigenvalue weighted by molar-refractivity contribution is -0.110. The number of methoxy groups -OCH3 is 1. The van der Waals surface area contributed by atoms with Crippen molar-refractivity contribution < 1.29 is 13.9 Å². The van der Waals surface area contributed by atoms with Gasteiger partial charge in [-0.3, -0.25) is 4.79 Å². The van der Waals surface area contributed by atoms with E-state index in [9.17, 15) is 9.18 Å². The molecule has 1 atom stereocenters. The van der Waals surface area contributed by atoms with Crippen LogP contribution < -0.4 is 15.4 Å². The van der Waals surface area contributed by atoms with E-state index in [1.54, 1.807) is 31.5 Å². The van der Waals surface area contributed by atoms with Crippen LogP contribution in [0.1, 0.15) is 29.7 Å². The van der Waals surface area contributed by atoms with Gasteiger partial charge in [0.2, 0.25) is 0 Å². The van der Waals surface area contributed by atoms with E-state index in [0.717, 1.165) is 19.4 Å². The Hall–Kier alpha value is -3.04. The number of halogens is 1. The van der Waals surface area contributed by atoms with Crippen LogP contribution in [0.15, 0.2) is 24.4 Å². The van der Waals surface area contributed by atoms with Crippen LogP contribution in [0.3, 0.4) is 0 Å². The lowest BCUT2D eigenvalue weighted by Gasteiger charge is -2.05. The molecule has 132 valence electrons. The predicted molar refractivity (Wildman–Crippen MR) is 98.1 cm³/mol. The van der Waals surface area contributed by atoms with Gasteiger partial charge < -0.3 is 20.4 Å². The molecule has 1 aromatic carbocycles. The number of anilines is 1. The minimum atomic E-state index is -0.435. The maximum absolute atomic E-state index is 14.5. The standard InChI is InChI=1S/C20H18FN3O2/c1-26-18-8-10-23-17(18)11-14-19-13(5-4-12-3-2-9-22-12)15(21)6-7-16(19)24-20(14)25/h6-8,10-12,22-23H,2-3,9H2,1H3,(H,24,25)/b14-11-/t12-/m1/s1. The van der Waals surface area contributed by atoms with E-state index >= 15 is 0 Å². The fourth-order valence-electron chi connectivity index (χ4n) is 3.29. The van der Waals surface area contributed by atoms with E-state index in [1.165, 1.54) is 6.07 Å². The number of aromatic nitrogens is 1. The van der Waals surface area contributed by atoms with Crippen molar-refractivity contribution in [2.75, 3.05) is 19.0 Å². The number of aromatic amines is 1. The molecule has 1 fully saturated rings. The second-order valence-corrected chi connectivity index (χ2v) is 6.24. The Morgan fingerprint density at radius 3 is 3.00 bits per heavy atom. The molecule has 1 aromatic heterocycles. The maximum Gasteiger partial charge on any atom is 0.256 e. The topological polar surface area (TPSA) is 66.2 Å². The summed E-state index contributed by atoms with van der Waals surface area (Å²) in [6.07, 6.45) is 5.39. The monoisotopic (exact) mass is 351 g/mol. The van der Waals surface area contributed by atoms with Crippen LogP contribution in [-0.4, -0.2) is 30.6 Å². The molecule has 0 bridgehead atoms. The van der Waals surface area contributed by atoms with Gasteiger partial charge in [0.25, 0.3) is 5.91 Å². The molecule has 4 rings (SSSR count). The summed E-state index contributed by atoms with van der Waals surface area (Å²) in [5.41, 5.74) is 2.32. The summed E-state index contributed by atoms with van der Waals surface area (Å²) in [6.45, 7) is 0.923. The number of nitrogens with one attached hydrogen (secondary N) is 3. The third-order valence-corrected chi connectivity index (χ3v) is 4.60. The number of hydrogen-bond donors (Lipinski definition) is 3. The van der Waals surface area contributed by atoms with Crippen LogP contribution in [-0.2, 0) is 4.79 Å². The number of fused-ring (bicyclic) bond motifs is 1. The van der Waals surface area contributed by atoms with Crippen molar-refractivity contribution in [2.24, 2.45) is 0 Å². The fourth-order valence-corrected chi connectivity index (χ4v) is 3.29. The van der Waals surface area contributed by atoms with Crippen molar-refractivity contribution in [1.82, 2.24) is 10.3 Å². The number of benzene rings is 1. The molecule has 0 aliphatic carbocycles. The van der Waals surface area contributed by atoms with Crippen LogP contribution >= 0.6 is 0 Å². The lowest BCUT2D eigenvalue weighted by Crippen LogP contribution is -2.18. The van der Waals surface area contributed by atoms with Crippen molar-refractivity contribution in [3.8, 4) is 17.6 Å². The first-order valence-electron chi connectivity index (χ1n) is 8.49. The molecule has 26 heavy (non-hydrogen) atoms. The SMILES string of the molecule is COc1cc[nH]c1/C=C1\C(=O)Nc2ccc(F)c(C#C[C@H]3CCCN3)c21. The first-order chi connectivity index (χ1) is 12.7. The Morgan fingerprint density at radius 1 is 1.35 bits per heavy atom. The number of rotatable bonds is 2. The second-order valence-electron chi connectivity index (χ2n) is 6.24. The lowest BCUT2D eigenvalue weighted by atomic mass is 9.98. The smallest absolute Gasteiger partial charge is 0.256 e. The summed E-state index contributed by atoms with van der Waals surface area (Å²) in [6, 6.07) is 4.72. The third kappa shape index (κ3) is 2.87. The number of amides is 1. The van der Waals surface area contributed by atoms with Crippen LogP contribution in [0.5, 0.6) is 5.75 Å². The van der Waals surface area contributed by atoms with Crippen molar-refractivity contribution in [3.05, 3.63) is 47.0 Å². The molecule has 3 heterocycles. The molecule has 1 amide bonds. The second kappa shape index (κ2) is 6.70. The molecule has 2 aromatic rings. The van der Waals surface area contributed by atoms with E-state index in [-0.39, 0.29) is 17.5 Å². The molecule has 0 spiro atoms. The van der Waals surface area contributed by atoms with E-state index in [1.807, 2.05) is 0 Å². The Balaban J connectivity index is 1.82. The zero-order chi connectivity index (χ0) is 18.1. The van der Waals surface area contributed by atoms with Gasteiger partial charge in [-0.05, 0) is 43.7 Å². The van der Waals surface area contributed by atoms with Gasteiger partial charge in [0.1, 0.15) is 11.6 Å². The quantitative estimate of drug-likeness (QED) is 0.576. The normalized spacial score (nSPS) is 19.8. The van der Waals surface area contributed by atoms with Gasteiger partial charge in [0, 0.05) is 11.8 Å². The maximum atomic E-state index is 14.5. The number of ether oxygens (including phenoxy) is 1. The molecule has 3 N–H and O–H groups in total. The fraction of sp³-hybridized carbons (Fsp3) is 0.250. The third-order valence-electron chi connectivity index (χ3n) is 4.60. The minimum Gasteiger partial charge on any atom is -0.495 e. The minimum absolute atomic E-state index is 0.0613. The van der Waals surface area contributed by atoms with Gasteiger partial charge in [-0.2, -0.15) is 0 Å². The van der Waals surface area contributed by atoms with Gasteiger partial charge in [-0.15, -0.1) is 0 Å². The molecule has 1 saturated heterocycles. The predicted octanol–water partition coefficient (Wildman–Crippen LogP) is 2.76. The first kappa shape index (κ1) is 16.4. The van der Waals surface area contributed by atoms with Crippen molar-refractivity contribution >= 4 is 23.2 Å². The molecule has 6 heteroatoms. The zero-order valence-corrected chi connectivity index (χ0v) is 14.3.